The molecule has 0 radical (unpaired) electrons. The largest absolute Gasteiger partial charge is 0.489 e. The molecule has 0 aliphatic carbocycles. The third-order valence-corrected chi connectivity index (χ3v) is 3.68. The number of aromatic nitrogens is 1. The maximum Gasteiger partial charge on any atom is 0.316 e. The lowest BCUT2D eigenvalue weighted by atomic mass is 9.97. The number of ether oxygens (including phenoxy) is 2. The molecule has 1 N–H and O–H groups in total. The SMILES string of the molecule is CC(C)(C)C(=O)Oc1c[nH]c2ccc(OCc3ccccc3)cc12. The van der Waals surface area contributed by atoms with Crippen LogP contribution in [-0.4, -0.2) is 11.0 Å². The molecule has 0 aliphatic heterocycles. The molecule has 24 heavy (non-hydrogen) atoms. The van der Waals surface area contributed by atoms with Crippen molar-refractivity contribution >= 4 is 16.9 Å². The highest BCUT2D eigenvalue weighted by atomic mass is 16.5. The highest BCUT2D eigenvalue weighted by Gasteiger charge is 2.24. The van der Waals surface area contributed by atoms with Crippen LogP contribution in [-0.2, 0) is 11.4 Å². The molecule has 0 saturated carbocycles. The summed E-state index contributed by atoms with van der Waals surface area (Å²) in [6, 6.07) is 15.7. The minimum Gasteiger partial charge on any atom is -0.489 e. The lowest BCUT2D eigenvalue weighted by molar-refractivity contribution is -0.142. The third kappa shape index (κ3) is 3.59. The van der Waals surface area contributed by atoms with E-state index in [1.807, 2.05) is 69.3 Å². The van der Waals surface area contributed by atoms with Gasteiger partial charge < -0.3 is 14.5 Å². The van der Waals surface area contributed by atoms with Gasteiger partial charge in [0.25, 0.3) is 0 Å². The first-order valence-corrected chi connectivity index (χ1v) is 7.93. The Morgan fingerprint density at radius 2 is 1.83 bits per heavy atom. The zero-order valence-corrected chi connectivity index (χ0v) is 14.1. The number of carbonyl (C=O) groups excluding carboxylic acids is 1. The first-order valence-electron chi connectivity index (χ1n) is 7.93. The number of esters is 1. The first-order chi connectivity index (χ1) is 11.4. The summed E-state index contributed by atoms with van der Waals surface area (Å²) in [6.07, 6.45) is 1.70. The molecule has 0 atom stereocenters. The van der Waals surface area contributed by atoms with Crippen molar-refractivity contribution in [2.45, 2.75) is 27.4 Å². The maximum absolute atomic E-state index is 12.1. The lowest BCUT2D eigenvalue weighted by Crippen LogP contribution is -2.25. The molecule has 0 amide bonds. The Morgan fingerprint density at radius 3 is 2.54 bits per heavy atom. The smallest absolute Gasteiger partial charge is 0.316 e. The molecule has 1 aromatic heterocycles. The molecule has 0 spiro atoms. The minimum atomic E-state index is -0.551. The van der Waals surface area contributed by atoms with Crippen molar-refractivity contribution in [1.29, 1.82) is 0 Å². The zero-order chi connectivity index (χ0) is 17.2. The normalized spacial score (nSPS) is 11.5. The number of hydrogen-bond donors (Lipinski definition) is 1. The molecule has 0 bridgehead atoms. The van der Waals surface area contributed by atoms with Crippen LogP contribution in [0.25, 0.3) is 10.9 Å². The van der Waals surface area contributed by atoms with E-state index >= 15 is 0 Å². The summed E-state index contributed by atoms with van der Waals surface area (Å²) in [5.41, 5.74) is 1.45. The Morgan fingerprint density at radius 1 is 1.08 bits per heavy atom. The average molecular weight is 323 g/mol. The van der Waals surface area contributed by atoms with Crippen LogP contribution >= 0.6 is 0 Å². The lowest BCUT2D eigenvalue weighted by Gasteiger charge is -2.15. The molecule has 3 rings (SSSR count). The van der Waals surface area contributed by atoms with Crippen LogP contribution in [0.3, 0.4) is 0 Å². The predicted octanol–water partition coefficient (Wildman–Crippen LogP) is 4.70. The predicted molar refractivity (Wildman–Crippen MR) is 94.2 cm³/mol. The van der Waals surface area contributed by atoms with Crippen LogP contribution in [0.2, 0.25) is 0 Å². The second kappa shape index (κ2) is 6.40. The van der Waals surface area contributed by atoms with Crippen molar-refractivity contribution in [2.24, 2.45) is 5.41 Å². The number of aromatic amines is 1. The molecule has 0 unspecified atom stereocenters. The monoisotopic (exact) mass is 323 g/mol. The summed E-state index contributed by atoms with van der Waals surface area (Å²) >= 11 is 0. The fourth-order valence-corrected chi connectivity index (χ4v) is 2.24. The van der Waals surface area contributed by atoms with Gasteiger partial charge in [0, 0.05) is 17.1 Å². The highest BCUT2D eigenvalue weighted by Crippen LogP contribution is 2.31. The number of carbonyl (C=O) groups is 1. The number of benzene rings is 2. The summed E-state index contributed by atoms with van der Waals surface area (Å²) in [4.78, 5) is 15.2. The van der Waals surface area contributed by atoms with Gasteiger partial charge in [-0.05, 0) is 44.5 Å². The summed E-state index contributed by atoms with van der Waals surface area (Å²) in [5.74, 6) is 0.994. The molecule has 0 fully saturated rings. The molecule has 2 aromatic carbocycles. The Balaban J connectivity index is 1.79. The van der Waals surface area contributed by atoms with Crippen molar-refractivity contribution in [2.75, 3.05) is 0 Å². The summed E-state index contributed by atoms with van der Waals surface area (Å²) < 4.78 is 11.4. The summed E-state index contributed by atoms with van der Waals surface area (Å²) in [6.45, 7) is 5.99. The van der Waals surface area contributed by atoms with Gasteiger partial charge in [-0.2, -0.15) is 0 Å². The van der Waals surface area contributed by atoms with Gasteiger partial charge in [-0.3, -0.25) is 4.79 Å². The molecule has 0 aliphatic rings. The van der Waals surface area contributed by atoms with Gasteiger partial charge >= 0.3 is 5.97 Å². The van der Waals surface area contributed by atoms with Crippen LogP contribution in [0.1, 0.15) is 26.3 Å². The molecule has 1 heterocycles. The van der Waals surface area contributed by atoms with Gasteiger partial charge in [0.2, 0.25) is 0 Å². The van der Waals surface area contributed by atoms with E-state index in [0.29, 0.717) is 12.4 Å². The van der Waals surface area contributed by atoms with E-state index in [2.05, 4.69) is 4.98 Å². The van der Waals surface area contributed by atoms with Crippen LogP contribution in [0.5, 0.6) is 11.5 Å². The minimum absolute atomic E-state index is 0.265. The topological polar surface area (TPSA) is 51.3 Å². The molecular formula is C20H21NO3. The second-order valence-corrected chi connectivity index (χ2v) is 6.77. The molecular weight excluding hydrogens is 302 g/mol. The first kappa shape index (κ1) is 16.1. The number of rotatable bonds is 4. The van der Waals surface area contributed by atoms with Gasteiger partial charge in [0.1, 0.15) is 12.4 Å². The van der Waals surface area contributed by atoms with Crippen molar-refractivity contribution in [1.82, 2.24) is 4.98 Å². The van der Waals surface area contributed by atoms with Crippen molar-refractivity contribution < 1.29 is 14.3 Å². The fourth-order valence-electron chi connectivity index (χ4n) is 2.24. The van der Waals surface area contributed by atoms with Crippen LogP contribution in [0.15, 0.2) is 54.7 Å². The van der Waals surface area contributed by atoms with E-state index in [-0.39, 0.29) is 5.97 Å². The Kier molecular flexibility index (Phi) is 4.30. The van der Waals surface area contributed by atoms with Gasteiger partial charge in [0.05, 0.1) is 5.41 Å². The Bertz CT molecular complexity index is 844. The van der Waals surface area contributed by atoms with Crippen LogP contribution < -0.4 is 9.47 Å². The Hall–Kier alpha value is -2.75. The van der Waals surface area contributed by atoms with E-state index < -0.39 is 5.41 Å². The highest BCUT2D eigenvalue weighted by molar-refractivity contribution is 5.90. The van der Waals surface area contributed by atoms with Crippen molar-refractivity contribution in [3.63, 3.8) is 0 Å². The van der Waals surface area contributed by atoms with E-state index in [1.165, 1.54) is 0 Å². The average Bonchev–Trinajstić information content (AvgIpc) is 2.95. The molecule has 124 valence electrons. The van der Waals surface area contributed by atoms with E-state index in [9.17, 15) is 4.79 Å². The quantitative estimate of drug-likeness (QED) is 0.708. The number of H-pyrrole nitrogens is 1. The van der Waals surface area contributed by atoms with Crippen LogP contribution in [0, 0.1) is 5.41 Å². The second-order valence-electron chi connectivity index (χ2n) is 6.77. The van der Waals surface area contributed by atoms with E-state index in [0.717, 1.165) is 22.2 Å². The number of nitrogens with one attached hydrogen (secondary N) is 1. The number of hydrogen-bond acceptors (Lipinski definition) is 3. The van der Waals surface area contributed by atoms with Gasteiger partial charge in [-0.25, -0.2) is 0 Å². The summed E-state index contributed by atoms with van der Waals surface area (Å²) in [5, 5.41) is 0.832. The molecule has 4 nitrogen and oxygen atoms in total. The van der Waals surface area contributed by atoms with Crippen LogP contribution in [0.4, 0.5) is 0 Å². The van der Waals surface area contributed by atoms with E-state index in [1.54, 1.807) is 6.20 Å². The summed E-state index contributed by atoms with van der Waals surface area (Å²) in [7, 11) is 0. The molecule has 3 aromatic rings. The maximum atomic E-state index is 12.1. The fraction of sp³-hybridized carbons (Fsp3) is 0.250. The Labute approximate surface area is 141 Å². The van der Waals surface area contributed by atoms with Gasteiger partial charge in [-0.1, -0.05) is 30.3 Å². The standard InChI is InChI=1S/C20H21NO3/c1-20(2,3)19(22)24-18-12-21-17-10-9-15(11-16(17)18)23-13-14-7-5-4-6-8-14/h4-12,21H,13H2,1-3H3. The van der Waals surface area contributed by atoms with E-state index in [4.69, 9.17) is 9.47 Å². The van der Waals surface area contributed by atoms with Gasteiger partial charge in [0.15, 0.2) is 5.75 Å². The van der Waals surface area contributed by atoms with Gasteiger partial charge in [-0.15, -0.1) is 0 Å². The third-order valence-electron chi connectivity index (χ3n) is 3.68. The zero-order valence-electron chi connectivity index (χ0n) is 14.1. The van der Waals surface area contributed by atoms with Crippen molar-refractivity contribution in [3.8, 4) is 11.5 Å². The van der Waals surface area contributed by atoms with Crippen molar-refractivity contribution in [3.05, 3.63) is 60.3 Å². The molecule has 0 saturated heterocycles. The molecule has 4 heteroatoms. The number of fused-ring (bicyclic) bond motifs is 1.